The number of methoxy groups -OCH3 is 2. The van der Waals surface area contributed by atoms with E-state index in [2.05, 4.69) is 4.74 Å². The van der Waals surface area contributed by atoms with Crippen LogP contribution < -0.4 is 9.47 Å². The third kappa shape index (κ3) is 5.49. The summed E-state index contributed by atoms with van der Waals surface area (Å²) in [5.41, 5.74) is -5.51. The second-order valence-electron chi connectivity index (χ2n) is 9.72. The van der Waals surface area contributed by atoms with Crippen molar-refractivity contribution in [1.82, 2.24) is 0 Å². The summed E-state index contributed by atoms with van der Waals surface area (Å²) in [6.07, 6.45) is -11.5. The number of carbonyl (C=O) groups is 2. The molecular formula is C30H28F6O5. The lowest BCUT2D eigenvalue weighted by Crippen LogP contribution is -2.55. The van der Waals surface area contributed by atoms with Crippen molar-refractivity contribution in [1.29, 1.82) is 0 Å². The van der Waals surface area contributed by atoms with E-state index in [4.69, 9.17) is 9.47 Å². The van der Waals surface area contributed by atoms with E-state index in [1.807, 2.05) is 0 Å². The first-order chi connectivity index (χ1) is 18.9. The molecule has 0 atom stereocenters. The molecule has 0 aliphatic carbocycles. The van der Waals surface area contributed by atoms with E-state index in [9.17, 15) is 35.9 Å². The number of esters is 2. The Kier molecular flexibility index (Phi) is 8.53. The van der Waals surface area contributed by atoms with Gasteiger partial charge in [-0.25, -0.2) is 9.59 Å². The number of halogens is 6. The average Bonchev–Trinajstić information content (AvgIpc) is 2.87. The normalized spacial score (nSPS) is 12.2. The second-order valence-corrected chi connectivity index (χ2v) is 9.72. The Morgan fingerprint density at radius 1 is 0.659 bits per heavy atom. The van der Waals surface area contributed by atoms with E-state index in [0.29, 0.717) is 5.56 Å². The van der Waals surface area contributed by atoms with Crippen molar-refractivity contribution in [3.05, 3.63) is 92.5 Å². The van der Waals surface area contributed by atoms with Crippen LogP contribution in [0.4, 0.5) is 26.3 Å². The van der Waals surface area contributed by atoms with Gasteiger partial charge in [-0.3, -0.25) is 0 Å². The van der Waals surface area contributed by atoms with Crippen LogP contribution in [0.3, 0.4) is 0 Å². The zero-order chi connectivity index (χ0) is 31.1. The number of rotatable bonds is 6. The maximum Gasteiger partial charge on any atom is 0.411 e. The highest BCUT2D eigenvalue weighted by Crippen LogP contribution is 2.57. The van der Waals surface area contributed by atoms with Crippen molar-refractivity contribution in [2.45, 2.75) is 52.4 Å². The van der Waals surface area contributed by atoms with Crippen molar-refractivity contribution in [3.8, 4) is 11.5 Å². The smallest absolute Gasteiger partial charge is 0.411 e. The van der Waals surface area contributed by atoms with Gasteiger partial charge in [0.05, 0.1) is 19.8 Å². The molecule has 0 saturated heterocycles. The lowest BCUT2D eigenvalue weighted by Gasteiger charge is -2.39. The molecule has 3 aromatic rings. The highest BCUT2D eigenvalue weighted by Gasteiger charge is 2.72. The SMILES string of the molecule is COC(=O)c1ccc(C(=O)Oc2c(C)cc(C(c3cc(C)c(C)c(C)c3)(C(F)(F)F)C(F)(F)F)cc2C)cc1OC. The molecule has 0 aliphatic rings. The quantitative estimate of drug-likeness (QED) is 0.170. The van der Waals surface area contributed by atoms with Gasteiger partial charge in [-0.05, 0) is 91.8 Å². The second kappa shape index (κ2) is 11.1. The van der Waals surface area contributed by atoms with Crippen molar-refractivity contribution in [3.63, 3.8) is 0 Å². The zero-order valence-electron chi connectivity index (χ0n) is 23.4. The minimum Gasteiger partial charge on any atom is -0.496 e. The molecule has 0 heterocycles. The summed E-state index contributed by atoms with van der Waals surface area (Å²) in [4.78, 5) is 24.8. The van der Waals surface area contributed by atoms with Crippen LogP contribution in [0.5, 0.6) is 11.5 Å². The maximum atomic E-state index is 14.7. The van der Waals surface area contributed by atoms with Gasteiger partial charge in [-0.2, -0.15) is 26.3 Å². The Morgan fingerprint density at radius 3 is 1.54 bits per heavy atom. The molecule has 0 bridgehead atoms. The Hall–Kier alpha value is -4.02. The molecular weight excluding hydrogens is 554 g/mol. The number of aryl methyl sites for hydroxylation is 4. The molecule has 11 heteroatoms. The van der Waals surface area contributed by atoms with Crippen molar-refractivity contribution in [2.24, 2.45) is 0 Å². The highest BCUT2D eigenvalue weighted by molar-refractivity contribution is 5.96. The number of hydrogen-bond acceptors (Lipinski definition) is 5. The number of carbonyl (C=O) groups excluding carboxylic acids is 2. The first-order valence-corrected chi connectivity index (χ1v) is 12.2. The van der Waals surface area contributed by atoms with E-state index < -0.39 is 40.8 Å². The van der Waals surface area contributed by atoms with Gasteiger partial charge in [0.25, 0.3) is 0 Å². The lowest BCUT2D eigenvalue weighted by molar-refractivity contribution is -0.288. The van der Waals surface area contributed by atoms with Gasteiger partial charge in [-0.15, -0.1) is 0 Å². The third-order valence-corrected chi connectivity index (χ3v) is 7.14. The van der Waals surface area contributed by atoms with Crippen LogP contribution >= 0.6 is 0 Å². The van der Waals surface area contributed by atoms with Crippen LogP contribution in [-0.2, 0) is 10.2 Å². The first-order valence-electron chi connectivity index (χ1n) is 12.2. The van der Waals surface area contributed by atoms with Crippen molar-refractivity contribution >= 4 is 11.9 Å². The van der Waals surface area contributed by atoms with Gasteiger partial charge in [0.15, 0.2) is 0 Å². The van der Waals surface area contributed by atoms with Crippen LogP contribution in [0, 0.1) is 34.6 Å². The van der Waals surface area contributed by atoms with E-state index in [0.717, 1.165) is 31.4 Å². The Balaban J connectivity index is 2.18. The molecule has 0 fully saturated rings. The first kappa shape index (κ1) is 31.5. The summed E-state index contributed by atoms with van der Waals surface area (Å²) in [6.45, 7) is 7.03. The fourth-order valence-electron chi connectivity index (χ4n) is 4.81. The summed E-state index contributed by atoms with van der Waals surface area (Å²) >= 11 is 0. The summed E-state index contributed by atoms with van der Waals surface area (Å²) in [5.74, 6) is -1.90. The standard InChI is InChI=1S/C30H28F6O5/c1-15-10-21(11-16(2)19(15)5)28(29(31,32)33,30(34,35)36)22-12-17(3)25(18(4)13-22)41-26(37)20-8-9-23(27(38)40-7)24(14-20)39-6/h8-14H,1-7H3. The molecule has 0 N–H and O–H groups in total. The van der Waals surface area contributed by atoms with Gasteiger partial charge < -0.3 is 14.2 Å². The summed E-state index contributed by atoms with van der Waals surface area (Å²) in [5, 5.41) is 0. The Labute approximate surface area is 233 Å². The van der Waals surface area contributed by atoms with Crippen molar-refractivity contribution in [2.75, 3.05) is 14.2 Å². The molecule has 0 aliphatic heterocycles. The minimum atomic E-state index is -5.77. The molecule has 220 valence electrons. The summed E-state index contributed by atoms with van der Waals surface area (Å²) < 4.78 is 104. The predicted molar refractivity (Wildman–Crippen MR) is 139 cm³/mol. The highest BCUT2D eigenvalue weighted by atomic mass is 19.4. The summed E-state index contributed by atoms with van der Waals surface area (Å²) in [6, 6.07) is 7.01. The monoisotopic (exact) mass is 582 g/mol. The van der Waals surface area contributed by atoms with Crippen molar-refractivity contribution < 1.29 is 50.1 Å². The van der Waals surface area contributed by atoms with Crippen LogP contribution in [0.1, 0.15) is 59.7 Å². The molecule has 3 aromatic carbocycles. The van der Waals surface area contributed by atoms with Crippen LogP contribution in [0.15, 0.2) is 42.5 Å². The third-order valence-electron chi connectivity index (χ3n) is 7.14. The number of benzene rings is 3. The van der Waals surface area contributed by atoms with Gasteiger partial charge >= 0.3 is 24.3 Å². The minimum absolute atomic E-state index is 0.00101. The van der Waals surface area contributed by atoms with Gasteiger partial charge in [0.1, 0.15) is 17.1 Å². The maximum absolute atomic E-state index is 14.7. The molecule has 0 saturated carbocycles. The largest absolute Gasteiger partial charge is 0.496 e. The average molecular weight is 583 g/mol. The lowest BCUT2D eigenvalue weighted by atomic mass is 9.71. The van der Waals surface area contributed by atoms with Gasteiger partial charge in [0.2, 0.25) is 5.41 Å². The molecule has 0 radical (unpaired) electrons. The number of hydrogen-bond donors (Lipinski definition) is 0. The van der Waals surface area contributed by atoms with E-state index in [1.54, 1.807) is 6.92 Å². The van der Waals surface area contributed by atoms with Crippen LogP contribution in [0.2, 0.25) is 0 Å². The fraction of sp³-hybridized carbons (Fsp3) is 0.333. The molecule has 0 amide bonds. The van der Waals surface area contributed by atoms with E-state index in [1.165, 1.54) is 53.0 Å². The molecule has 0 aromatic heterocycles. The summed E-state index contributed by atoms with van der Waals surface area (Å²) in [7, 11) is 2.42. The molecule has 3 rings (SSSR count). The molecule has 0 unspecified atom stereocenters. The van der Waals surface area contributed by atoms with Gasteiger partial charge in [0, 0.05) is 0 Å². The number of ether oxygens (including phenoxy) is 3. The van der Waals surface area contributed by atoms with Crippen LogP contribution in [0.25, 0.3) is 0 Å². The Bertz CT molecular complexity index is 1440. The molecule has 0 spiro atoms. The predicted octanol–water partition coefficient (Wildman–Crippen LogP) is 7.65. The van der Waals surface area contributed by atoms with E-state index in [-0.39, 0.29) is 44.9 Å². The van der Waals surface area contributed by atoms with E-state index >= 15 is 0 Å². The number of alkyl halides is 6. The zero-order valence-corrected chi connectivity index (χ0v) is 23.4. The van der Waals surface area contributed by atoms with Crippen LogP contribution in [-0.4, -0.2) is 38.5 Å². The topological polar surface area (TPSA) is 61.8 Å². The molecule has 5 nitrogen and oxygen atoms in total. The van der Waals surface area contributed by atoms with Gasteiger partial charge in [-0.1, -0.05) is 24.3 Å². The Morgan fingerprint density at radius 2 is 1.12 bits per heavy atom. The fourth-order valence-corrected chi connectivity index (χ4v) is 4.81. The molecule has 41 heavy (non-hydrogen) atoms.